The third-order valence-electron chi connectivity index (χ3n) is 2.62. The zero-order valence-electron chi connectivity index (χ0n) is 8.63. The summed E-state index contributed by atoms with van der Waals surface area (Å²) in [5.41, 5.74) is 1.01. The number of halogens is 2. The van der Waals surface area contributed by atoms with Crippen LogP contribution in [-0.4, -0.2) is 31.1 Å². The molecule has 0 amide bonds. The molecule has 0 spiro atoms. The van der Waals surface area contributed by atoms with Gasteiger partial charge in [-0.25, -0.2) is 0 Å². The van der Waals surface area contributed by atoms with Gasteiger partial charge in [0, 0.05) is 28.3 Å². The van der Waals surface area contributed by atoms with Crippen molar-refractivity contribution < 1.29 is 0 Å². The SMILES string of the molecule is CN1CCC(Nc2cc(Cl)cc(Cl)c2)C1. The standard InChI is InChI=1S/C11H14Cl2N2/c1-15-3-2-10(7-15)14-11-5-8(12)4-9(13)6-11/h4-6,10,14H,2-3,7H2,1H3. The summed E-state index contributed by atoms with van der Waals surface area (Å²) in [7, 11) is 2.13. The Bertz CT molecular complexity index is 334. The Morgan fingerprint density at radius 1 is 1.27 bits per heavy atom. The molecular weight excluding hydrogens is 231 g/mol. The van der Waals surface area contributed by atoms with E-state index in [-0.39, 0.29) is 0 Å². The minimum Gasteiger partial charge on any atom is -0.381 e. The van der Waals surface area contributed by atoms with Gasteiger partial charge < -0.3 is 10.2 Å². The van der Waals surface area contributed by atoms with Gasteiger partial charge in [0.2, 0.25) is 0 Å². The van der Waals surface area contributed by atoms with E-state index in [0.29, 0.717) is 16.1 Å². The second-order valence-electron chi connectivity index (χ2n) is 4.05. The smallest absolute Gasteiger partial charge is 0.0441 e. The van der Waals surface area contributed by atoms with Gasteiger partial charge >= 0.3 is 0 Å². The number of likely N-dealkylation sites (N-methyl/N-ethyl adjacent to an activating group) is 1. The molecule has 82 valence electrons. The number of rotatable bonds is 2. The molecule has 1 aliphatic rings. The second-order valence-corrected chi connectivity index (χ2v) is 4.92. The molecule has 0 bridgehead atoms. The fourth-order valence-electron chi connectivity index (χ4n) is 1.93. The summed E-state index contributed by atoms with van der Waals surface area (Å²) in [5, 5.41) is 4.80. The normalized spacial score (nSPS) is 21.9. The summed E-state index contributed by atoms with van der Waals surface area (Å²) in [6.07, 6.45) is 1.17. The monoisotopic (exact) mass is 244 g/mol. The number of nitrogens with one attached hydrogen (secondary N) is 1. The van der Waals surface area contributed by atoms with Gasteiger partial charge in [-0.05, 0) is 38.2 Å². The first-order valence-electron chi connectivity index (χ1n) is 5.04. The van der Waals surface area contributed by atoms with Crippen molar-refractivity contribution in [3.8, 4) is 0 Å². The summed E-state index contributed by atoms with van der Waals surface area (Å²) in [6, 6.07) is 6.07. The minimum absolute atomic E-state index is 0.504. The second kappa shape index (κ2) is 4.60. The van der Waals surface area contributed by atoms with Gasteiger partial charge in [0.05, 0.1) is 0 Å². The van der Waals surface area contributed by atoms with Gasteiger partial charge in [0.25, 0.3) is 0 Å². The van der Waals surface area contributed by atoms with E-state index in [9.17, 15) is 0 Å². The summed E-state index contributed by atoms with van der Waals surface area (Å²) < 4.78 is 0. The fraction of sp³-hybridized carbons (Fsp3) is 0.455. The molecule has 1 heterocycles. The molecule has 1 atom stereocenters. The van der Waals surface area contributed by atoms with Crippen molar-refractivity contribution in [3.63, 3.8) is 0 Å². The van der Waals surface area contributed by atoms with Crippen molar-refractivity contribution in [1.29, 1.82) is 0 Å². The van der Waals surface area contributed by atoms with Crippen LogP contribution in [0.1, 0.15) is 6.42 Å². The van der Waals surface area contributed by atoms with Crippen LogP contribution in [0.25, 0.3) is 0 Å². The van der Waals surface area contributed by atoms with Crippen molar-refractivity contribution in [2.24, 2.45) is 0 Å². The zero-order valence-corrected chi connectivity index (χ0v) is 10.1. The van der Waals surface area contributed by atoms with Gasteiger partial charge in [-0.1, -0.05) is 23.2 Å². The predicted molar refractivity (Wildman–Crippen MR) is 66.0 cm³/mol. The van der Waals surface area contributed by atoms with Crippen LogP contribution < -0.4 is 5.32 Å². The summed E-state index contributed by atoms with van der Waals surface area (Å²) in [6.45, 7) is 2.22. The van der Waals surface area contributed by atoms with E-state index in [2.05, 4.69) is 17.3 Å². The lowest BCUT2D eigenvalue weighted by Gasteiger charge is -2.14. The molecule has 1 fully saturated rings. The Morgan fingerprint density at radius 3 is 2.47 bits per heavy atom. The van der Waals surface area contributed by atoms with Crippen LogP contribution >= 0.6 is 23.2 Å². The molecule has 1 N–H and O–H groups in total. The number of anilines is 1. The van der Waals surface area contributed by atoms with E-state index in [1.165, 1.54) is 6.42 Å². The molecule has 4 heteroatoms. The quantitative estimate of drug-likeness (QED) is 0.861. The van der Waals surface area contributed by atoms with Gasteiger partial charge in [0.15, 0.2) is 0 Å². The van der Waals surface area contributed by atoms with E-state index in [1.807, 2.05) is 12.1 Å². The largest absolute Gasteiger partial charge is 0.381 e. The lowest BCUT2D eigenvalue weighted by molar-refractivity contribution is 0.414. The Balaban J connectivity index is 2.04. The summed E-state index contributed by atoms with van der Waals surface area (Å²) >= 11 is 11.9. The van der Waals surface area contributed by atoms with E-state index < -0.39 is 0 Å². The number of likely N-dealkylation sites (tertiary alicyclic amines) is 1. The molecule has 1 unspecified atom stereocenters. The Labute approximate surface area is 100 Å². The van der Waals surface area contributed by atoms with Gasteiger partial charge in [-0.15, -0.1) is 0 Å². The predicted octanol–water partition coefficient (Wildman–Crippen LogP) is 3.11. The van der Waals surface area contributed by atoms with E-state index in [0.717, 1.165) is 18.8 Å². The van der Waals surface area contributed by atoms with Crippen LogP contribution in [0.15, 0.2) is 18.2 Å². The molecule has 0 aromatic heterocycles. The van der Waals surface area contributed by atoms with Crippen molar-refractivity contribution in [3.05, 3.63) is 28.2 Å². The van der Waals surface area contributed by atoms with Crippen LogP contribution in [0.2, 0.25) is 10.0 Å². The van der Waals surface area contributed by atoms with E-state index in [4.69, 9.17) is 23.2 Å². The maximum absolute atomic E-state index is 5.93. The average molecular weight is 245 g/mol. The van der Waals surface area contributed by atoms with Crippen molar-refractivity contribution in [1.82, 2.24) is 4.90 Å². The number of hydrogen-bond donors (Lipinski definition) is 1. The molecule has 0 aliphatic carbocycles. The molecule has 1 saturated heterocycles. The van der Waals surface area contributed by atoms with Crippen LogP contribution in [0.5, 0.6) is 0 Å². The van der Waals surface area contributed by atoms with Gasteiger partial charge in [-0.2, -0.15) is 0 Å². The van der Waals surface area contributed by atoms with Crippen molar-refractivity contribution in [2.45, 2.75) is 12.5 Å². The lowest BCUT2D eigenvalue weighted by Crippen LogP contribution is -2.23. The van der Waals surface area contributed by atoms with Crippen LogP contribution in [-0.2, 0) is 0 Å². The van der Waals surface area contributed by atoms with Crippen molar-refractivity contribution >= 4 is 28.9 Å². The van der Waals surface area contributed by atoms with E-state index in [1.54, 1.807) is 6.07 Å². The number of hydrogen-bond acceptors (Lipinski definition) is 2. The first kappa shape index (κ1) is 11.1. The highest BCUT2D eigenvalue weighted by atomic mass is 35.5. The minimum atomic E-state index is 0.504. The third-order valence-corrected chi connectivity index (χ3v) is 3.06. The molecule has 15 heavy (non-hydrogen) atoms. The molecule has 1 aromatic rings. The van der Waals surface area contributed by atoms with Crippen LogP contribution in [0.3, 0.4) is 0 Å². The van der Waals surface area contributed by atoms with Crippen LogP contribution in [0, 0.1) is 0 Å². The topological polar surface area (TPSA) is 15.3 Å². The first-order valence-corrected chi connectivity index (χ1v) is 5.80. The number of nitrogens with zero attached hydrogens (tertiary/aromatic N) is 1. The van der Waals surface area contributed by atoms with Gasteiger partial charge in [0.1, 0.15) is 0 Å². The summed E-state index contributed by atoms with van der Waals surface area (Å²) in [4.78, 5) is 2.31. The molecule has 1 aliphatic heterocycles. The van der Waals surface area contributed by atoms with Gasteiger partial charge in [-0.3, -0.25) is 0 Å². The third kappa shape index (κ3) is 3.00. The Hall–Kier alpha value is -0.440. The average Bonchev–Trinajstić information content (AvgIpc) is 2.49. The summed E-state index contributed by atoms with van der Waals surface area (Å²) in [5.74, 6) is 0. The molecular formula is C11H14Cl2N2. The molecule has 0 saturated carbocycles. The van der Waals surface area contributed by atoms with Crippen LogP contribution in [0.4, 0.5) is 5.69 Å². The lowest BCUT2D eigenvalue weighted by atomic mass is 10.2. The Kier molecular flexibility index (Phi) is 3.39. The molecule has 2 rings (SSSR count). The maximum Gasteiger partial charge on any atom is 0.0441 e. The highest BCUT2D eigenvalue weighted by Crippen LogP contribution is 2.24. The zero-order chi connectivity index (χ0) is 10.8. The number of benzene rings is 1. The molecule has 0 radical (unpaired) electrons. The van der Waals surface area contributed by atoms with E-state index >= 15 is 0 Å². The fourth-order valence-corrected chi connectivity index (χ4v) is 2.45. The van der Waals surface area contributed by atoms with Crippen molar-refractivity contribution in [2.75, 3.05) is 25.5 Å². The highest BCUT2D eigenvalue weighted by Gasteiger charge is 2.18. The Morgan fingerprint density at radius 2 is 1.93 bits per heavy atom. The maximum atomic E-state index is 5.93. The first-order chi connectivity index (χ1) is 7.13. The highest BCUT2D eigenvalue weighted by molar-refractivity contribution is 6.35. The molecule has 2 nitrogen and oxygen atoms in total. The molecule has 1 aromatic carbocycles.